The SMILES string of the molecule is Cc1cc(N)ccc1C(=O)NC(CO)CC(C)C. The van der Waals surface area contributed by atoms with Gasteiger partial charge in [-0.05, 0) is 43.0 Å². The van der Waals surface area contributed by atoms with E-state index in [0.29, 0.717) is 17.2 Å². The van der Waals surface area contributed by atoms with Crippen LogP contribution in [0.3, 0.4) is 0 Å². The molecule has 0 fully saturated rings. The van der Waals surface area contributed by atoms with Crippen molar-refractivity contribution in [3.8, 4) is 0 Å². The number of nitrogens with one attached hydrogen (secondary N) is 1. The zero-order valence-electron chi connectivity index (χ0n) is 11.2. The molecule has 0 saturated heterocycles. The van der Waals surface area contributed by atoms with Crippen LogP contribution in [0.5, 0.6) is 0 Å². The molecule has 18 heavy (non-hydrogen) atoms. The highest BCUT2D eigenvalue weighted by Gasteiger charge is 2.15. The monoisotopic (exact) mass is 250 g/mol. The normalized spacial score (nSPS) is 12.5. The fraction of sp³-hybridized carbons (Fsp3) is 0.500. The minimum atomic E-state index is -0.200. The summed E-state index contributed by atoms with van der Waals surface area (Å²) in [6, 6.07) is 4.99. The van der Waals surface area contributed by atoms with Gasteiger partial charge in [-0.3, -0.25) is 4.79 Å². The first-order valence-electron chi connectivity index (χ1n) is 6.22. The molecule has 0 heterocycles. The van der Waals surface area contributed by atoms with Gasteiger partial charge in [0.15, 0.2) is 0 Å². The summed E-state index contributed by atoms with van der Waals surface area (Å²) >= 11 is 0. The summed E-state index contributed by atoms with van der Waals surface area (Å²) in [5.41, 5.74) is 7.74. The van der Waals surface area contributed by atoms with Crippen molar-refractivity contribution in [3.05, 3.63) is 29.3 Å². The summed E-state index contributed by atoms with van der Waals surface area (Å²) in [6.45, 7) is 5.92. The van der Waals surface area contributed by atoms with Crippen LogP contribution in [-0.2, 0) is 0 Å². The lowest BCUT2D eigenvalue weighted by Gasteiger charge is -2.19. The molecule has 0 radical (unpaired) electrons. The number of nitrogen functional groups attached to an aromatic ring is 1. The average Bonchev–Trinajstić information content (AvgIpc) is 2.27. The van der Waals surface area contributed by atoms with Crippen LogP contribution in [0.2, 0.25) is 0 Å². The van der Waals surface area contributed by atoms with E-state index in [4.69, 9.17) is 5.73 Å². The third-order valence-electron chi connectivity index (χ3n) is 2.81. The van der Waals surface area contributed by atoms with Crippen molar-refractivity contribution >= 4 is 11.6 Å². The molecule has 0 spiro atoms. The van der Waals surface area contributed by atoms with Gasteiger partial charge in [-0.15, -0.1) is 0 Å². The minimum absolute atomic E-state index is 0.0437. The second-order valence-corrected chi connectivity index (χ2v) is 5.06. The summed E-state index contributed by atoms with van der Waals surface area (Å²) in [7, 11) is 0. The zero-order valence-corrected chi connectivity index (χ0v) is 11.2. The second-order valence-electron chi connectivity index (χ2n) is 5.06. The van der Waals surface area contributed by atoms with Gasteiger partial charge >= 0.3 is 0 Å². The topological polar surface area (TPSA) is 75.4 Å². The Kier molecular flexibility index (Phi) is 5.16. The third kappa shape index (κ3) is 4.04. The second kappa shape index (κ2) is 6.40. The Labute approximate surface area is 108 Å². The summed E-state index contributed by atoms with van der Waals surface area (Å²) in [6.07, 6.45) is 0.760. The molecule has 0 aliphatic carbocycles. The summed E-state index contributed by atoms with van der Waals surface area (Å²) in [5.74, 6) is 0.266. The van der Waals surface area contributed by atoms with Gasteiger partial charge in [0.05, 0.1) is 12.6 Å². The van der Waals surface area contributed by atoms with E-state index in [2.05, 4.69) is 19.2 Å². The molecule has 0 aliphatic heterocycles. The molecule has 1 atom stereocenters. The summed E-state index contributed by atoms with van der Waals surface area (Å²) in [4.78, 5) is 12.1. The summed E-state index contributed by atoms with van der Waals surface area (Å²) < 4.78 is 0. The van der Waals surface area contributed by atoms with Gasteiger partial charge in [0, 0.05) is 11.3 Å². The van der Waals surface area contributed by atoms with E-state index >= 15 is 0 Å². The Morgan fingerprint density at radius 1 is 1.44 bits per heavy atom. The van der Waals surface area contributed by atoms with E-state index in [0.717, 1.165) is 12.0 Å². The highest BCUT2D eigenvalue weighted by molar-refractivity contribution is 5.96. The minimum Gasteiger partial charge on any atom is -0.399 e. The van der Waals surface area contributed by atoms with Crippen LogP contribution in [-0.4, -0.2) is 23.7 Å². The van der Waals surface area contributed by atoms with Crippen molar-refractivity contribution in [2.24, 2.45) is 5.92 Å². The Balaban J connectivity index is 2.74. The molecule has 1 unspecified atom stereocenters. The fourth-order valence-electron chi connectivity index (χ4n) is 1.95. The number of anilines is 1. The number of nitrogens with two attached hydrogens (primary N) is 1. The maximum atomic E-state index is 12.1. The van der Waals surface area contributed by atoms with E-state index in [1.165, 1.54) is 0 Å². The van der Waals surface area contributed by atoms with Gasteiger partial charge in [0.1, 0.15) is 0 Å². The molecule has 4 nitrogen and oxygen atoms in total. The lowest BCUT2D eigenvalue weighted by Crippen LogP contribution is -2.38. The number of aliphatic hydroxyl groups is 1. The molecule has 1 aromatic carbocycles. The predicted octanol–water partition coefficient (Wildman–Crippen LogP) is 1.71. The first kappa shape index (κ1) is 14.5. The number of carbonyl (C=O) groups excluding carboxylic acids is 1. The quantitative estimate of drug-likeness (QED) is 0.696. The van der Waals surface area contributed by atoms with Gasteiger partial charge in [-0.25, -0.2) is 0 Å². The smallest absolute Gasteiger partial charge is 0.251 e. The van der Waals surface area contributed by atoms with Crippen molar-refractivity contribution in [3.63, 3.8) is 0 Å². The molecule has 0 aliphatic rings. The average molecular weight is 250 g/mol. The molecular weight excluding hydrogens is 228 g/mol. The Morgan fingerprint density at radius 2 is 2.11 bits per heavy atom. The predicted molar refractivity (Wildman–Crippen MR) is 73.4 cm³/mol. The molecule has 100 valence electrons. The maximum Gasteiger partial charge on any atom is 0.251 e. The first-order chi connectivity index (χ1) is 8.43. The summed E-state index contributed by atoms with van der Waals surface area (Å²) in [5, 5.41) is 12.1. The van der Waals surface area contributed by atoms with Gasteiger partial charge in [0.2, 0.25) is 0 Å². The molecule has 1 aromatic rings. The molecule has 0 saturated carbocycles. The molecule has 1 amide bonds. The number of rotatable bonds is 5. The third-order valence-corrected chi connectivity index (χ3v) is 2.81. The van der Waals surface area contributed by atoms with Crippen LogP contribution in [0.25, 0.3) is 0 Å². The number of aryl methyl sites for hydroxylation is 1. The number of hydrogen-bond acceptors (Lipinski definition) is 3. The van der Waals surface area contributed by atoms with Crippen molar-refractivity contribution in [1.82, 2.24) is 5.32 Å². The van der Waals surface area contributed by atoms with Gasteiger partial charge in [-0.1, -0.05) is 13.8 Å². The van der Waals surface area contributed by atoms with E-state index in [1.807, 2.05) is 6.92 Å². The van der Waals surface area contributed by atoms with E-state index in [1.54, 1.807) is 18.2 Å². The van der Waals surface area contributed by atoms with Crippen LogP contribution in [0.15, 0.2) is 18.2 Å². The molecule has 0 bridgehead atoms. The molecule has 4 N–H and O–H groups in total. The lowest BCUT2D eigenvalue weighted by atomic mass is 10.0. The number of benzene rings is 1. The van der Waals surface area contributed by atoms with Crippen LogP contribution in [0, 0.1) is 12.8 Å². The van der Waals surface area contributed by atoms with Crippen LogP contribution < -0.4 is 11.1 Å². The fourth-order valence-corrected chi connectivity index (χ4v) is 1.95. The number of hydrogen-bond donors (Lipinski definition) is 3. The van der Waals surface area contributed by atoms with Crippen LogP contribution in [0.4, 0.5) is 5.69 Å². The molecular formula is C14H22N2O2. The first-order valence-corrected chi connectivity index (χ1v) is 6.22. The van der Waals surface area contributed by atoms with Crippen molar-refractivity contribution in [2.45, 2.75) is 33.2 Å². The lowest BCUT2D eigenvalue weighted by molar-refractivity contribution is 0.0908. The Hall–Kier alpha value is -1.55. The standard InChI is InChI=1S/C14H22N2O2/c1-9(2)6-12(8-17)16-14(18)13-5-4-11(15)7-10(13)3/h4-5,7,9,12,17H,6,8,15H2,1-3H3,(H,16,18). The van der Waals surface area contributed by atoms with E-state index in [9.17, 15) is 9.90 Å². The molecule has 4 heteroatoms. The van der Waals surface area contributed by atoms with Crippen molar-refractivity contribution in [2.75, 3.05) is 12.3 Å². The number of aliphatic hydroxyl groups excluding tert-OH is 1. The number of amides is 1. The Bertz CT molecular complexity index is 416. The Morgan fingerprint density at radius 3 is 2.61 bits per heavy atom. The van der Waals surface area contributed by atoms with Crippen molar-refractivity contribution in [1.29, 1.82) is 0 Å². The maximum absolute atomic E-state index is 12.1. The van der Waals surface area contributed by atoms with Gasteiger partial charge < -0.3 is 16.2 Å². The molecule has 0 aromatic heterocycles. The van der Waals surface area contributed by atoms with Crippen molar-refractivity contribution < 1.29 is 9.90 Å². The highest BCUT2D eigenvalue weighted by Crippen LogP contribution is 2.13. The highest BCUT2D eigenvalue weighted by atomic mass is 16.3. The van der Waals surface area contributed by atoms with E-state index < -0.39 is 0 Å². The van der Waals surface area contributed by atoms with Crippen LogP contribution in [0.1, 0.15) is 36.2 Å². The largest absolute Gasteiger partial charge is 0.399 e. The zero-order chi connectivity index (χ0) is 13.7. The van der Waals surface area contributed by atoms with Crippen LogP contribution >= 0.6 is 0 Å². The van der Waals surface area contributed by atoms with Gasteiger partial charge in [0.25, 0.3) is 5.91 Å². The number of carbonyl (C=O) groups is 1. The van der Waals surface area contributed by atoms with E-state index in [-0.39, 0.29) is 18.6 Å². The molecule has 1 rings (SSSR count). The van der Waals surface area contributed by atoms with Gasteiger partial charge in [-0.2, -0.15) is 0 Å².